The van der Waals surface area contributed by atoms with E-state index in [1.807, 2.05) is 18.2 Å². The maximum absolute atomic E-state index is 12.7. The first-order chi connectivity index (χ1) is 9.63. The minimum atomic E-state index is -0.0863. The van der Waals surface area contributed by atoms with Crippen molar-refractivity contribution in [2.45, 2.75) is 39.2 Å². The number of nitrogens with zero attached hydrogens (tertiary/aromatic N) is 1. The summed E-state index contributed by atoms with van der Waals surface area (Å²) in [5, 5.41) is 0. The zero-order valence-electron chi connectivity index (χ0n) is 12.6. The number of carbonyl (C=O) groups excluding carboxylic acids is 1. The molecular formula is C17H26N2O. The molecule has 0 saturated carbocycles. The van der Waals surface area contributed by atoms with Crippen LogP contribution in [0.5, 0.6) is 0 Å². The lowest BCUT2D eigenvalue weighted by Crippen LogP contribution is -2.44. The molecule has 1 heterocycles. The Morgan fingerprint density at radius 3 is 2.65 bits per heavy atom. The van der Waals surface area contributed by atoms with E-state index in [1.54, 1.807) is 0 Å². The standard InChI is InChI=1S/C17H26N2O/c1-13(2)16-9-6-10-19(16)17(20)15(12-18)11-14-7-4-3-5-8-14/h3-5,7-8,13,15-16H,6,9-12,18H2,1-2H3. The van der Waals surface area contributed by atoms with Crippen molar-refractivity contribution < 1.29 is 4.79 Å². The molecule has 110 valence electrons. The van der Waals surface area contributed by atoms with Gasteiger partial charge in [0, 0.05) is 19.1 Å². The zero-order valence-corrected chi connectivity index (χ0v) is 12.6. The summed E-state index contributed by atoms with van der Waals surface area (Å²) < 4.78 is 0. The van der Waals surface area contributed by atoms with Crippen molar-refractivity contribution in [3.63, 3.8) is 0 Å². The third-order valence-corrected chi connectivity index (χ3v) is 4.31. The molecule has 0 bridgehead atoms. The van der Waals surface area contributed by atoms with Gasteiger partial charge >= 0.3 is 0 Å². The van der Waals surface area contributed by atoms with Crippen molar-refractivity contribution >= 4 is 5.91 Å². The number of hydrogen-bond donors (Lipinski definition) is 1. The molecule has 1 fully saturated rings. The predicted octanol–water partition coefficient (Wildman–Crippen LogP) is 2.45. The average molecular weight is 274 g/mol. The summed E-state index contributed by atoms with van der Waals surface area (Å²) >= 11 is 0. The lowest BCUT2D eigenvalue weighted by Gasteiger charge is -2.31. The number of rotatable bonds is 5. The summed E-state index contributed by atoms with van der Waals surface area (Å²) in [7, 11) is 0. The first-order valence-electron chi connectivity index (χ1n) is 7.68. The van der Waals surface area contributed by atoms with Crippen molar-refractivity contribution in [2.75, 3.05) is 13.1 Å². The summed E-state index contributed by atoms with van der Waals surface area (Å²) in [6, 6.07) is 10.6. The van der Waals surface area contributed by atoms with Crippen molar-refractivity contribution in [3.8, 4) is 0 Å². The second kappa shape index (κ2) is 6.89. The number of hydrogen-bond acceptors (Lipinski definition) is 2. The van der Waals surface area contributed by atoms with Crippen LogP contribution in [0.25, 0.3) is 0 Å². The van der Waals surface area contributed by atoms with Crippen LogP contribution < -0.4 is 5.73 Å². The first-order valence-corrected chi connectivity index (χ1v) is 7.68. The van der Waals surface area contributed by atoms with Crippen LogP contribution in [0.3, 0.4) is 0 Å². The Morgan fingerprint density at radius 1 is 1.35 bits per heavy atom. The highest BCUT2D eigenvalue weighted by atomic mass is 16.2. The lowest BCUT2D eigenvalue weighted by molar-refractivity contribution is -0.136. The summed E-state index contributed by atoms with van der Waals surface area (Å²) in [5.41, 5.74) is 7.05. The van der Waals surface area contributed by atoms with Crippen molar-refractivity contribution in [2.24, 2.45) is 17.6 Å². The third-order valence-electron chi connectivity index (χ3n) is 4.31. The number of benzene rings is 1. The lowest BCUT2D eigenvalue weighted by atomic mass is 9.96. The Morgan fingerprint density at radius 2 is 2.05 bits per heavy atom. The second-order valence-corrected chi connectivity index (χ2v) is 6.11. The molecule has 2 unspecified atom stereocenters. The molecule has 0 spiro atoms. The monoisotopic (exact) mass is 274 g/mol. The van der Waals surface area contributed by atoms with Crippen molar-refractivity contribution in [1.82, 2.24) is 4.90 Å². The molecule has 1 amide bonds. The van der Waals surface area contributed by atoms with E-state index in [0.717, 1.165) is 25.8 Å². The van der Waals surface area contributed by atoms with Gasteiger partial charge in [-0.25, -0.2) is 0 Å². The van der Waals surface area contributed by atoms with Crippen LogP contribution in [0.2, 0.25) is 0 Å². The summed E-state index contributed by atoms with van der Waals surface area (Å²) in [6.07, 6.45) is 3.00. The molecule has 3 nitrogen and oxygen atoms in total. The second-order valence-electron chi connectivity index (χ2n) is 6.11. The molecule has 1 aliphatic rings. The molecule has 2 N–H and O–H groups in total. The summed E-state index contributed by atoms with van der Waals surface area (Å²) in [4.78, 5) is 14.8. The van der Waals surface area contributed by atoms with Crippen LogP contribution in [0.1, 0.15) is 32.3 Å². The van der Waals surface area contributed by atoms with Gasteiger partial charge in [0.1, 0.15) is 0 Å². The predicted molar refractivity (Wildman–Crippen MR) is 82.3 cm³/mol. The largest absolute Gasteiger partial charge is 0.339 e. The fraction of sp³-hybridized carbons (Fsp3) is 0.588. The van der Waals surface area contributed by atoms with E-state index in [9.17, 15) is 4.79 Å². The van der Waals surface area contributed by atoms with E-state index in [4.69, 9.17) is 5.73 Å². The van der Waals surface area contributed by atoms with Gasteiger partial charge in [0.05, 0.1) is 5.92 Å². The van der Waals surface area contributed by atoms with E-state index >= 15 is 0 Å². The van der Waals surface area contributed by atoms with Gasteiger partial charge in [-0.3, -0.25) is 4.79 Å². The zero-order chi connectivity index (χ0) is 14.5. The average Bonchev–Trinajstić information content (AvgIpc) is 2.94. The van der Waals surface area contributed by atoms with Gasteiger partial charge < -0.3 is 10.6 Å². The van der Waals surface area contributed by atoms with Gasteiger partial charge in [-0.2, -0.15) is 0 Å². The fourth-order valence-corrected chi connectivity index (χ4v) is 3.16. The molecule has 1 aromatic carbocycles. The molecular weight excluding hydrogens is 248 g/mol. The van der Waals surface area contributed by atoms with Gasteiger partial charge in [0.15, 0.2) is 0 Å². The fourth-order valence-electron chi connectivity index (χ4n) is 3.16. The van der Waals surface area contributed by atoms with E-state index in [2.05, 4.69) is 30.9 Å². The quantitative estimate of drug-likeness (QED) is 0.896. The van der Waals surface area contributed by atoms with Gasteiger partial charge in [-0.1, -0.05) is 44.2 Å². The molecule has 20 heavy (non-hydrogen) atoms. The highest BCUT2D eigenvalue weighted by Gasteiger charge is 2.33. The van der Waals surface area contributed by atoms with Crippen LogP contribution >= 0.6 is 0 Å². The maximum atomic E-state index is 12.7. The Balaban J connectivity index is 2.05. The van der Waals surface area contributed by atoms with E-state index < -0.39 is 0 Å². The van der Waals surface area contributed by atoms with Crippen molar-refractivity contribution in [3.05, 3.63) is 35.9 Å². The first kappa shape index (κ1) is 15.0. The van der Waals surface area contributed by atoms with Gasteiger partial charge in [-0.15, -0.1) is 0 Å². The summed E-state index contributed by atoms with van der Waals surface area (Å²) in [6.45, 7) is 5.72. The third kappa shape index (κ3) is 3.40. The van der Waals surface area contributed by atoms with E-state index in [-0.39, 0.29) is 11.8 Å². The molecule has 1 aliphatic heterocycles. The molecule has 1 aromatic rings. The van der Waals surface area contributed by atoms with E-state index in [1.165, 1.54) is 5.56 Å². The Kier molecular flexibility index (Phi) is 5.18. The smallest absolute Gasteiger partial charge is 0.227 e. The van der Waals surface area contributed by atoms with Crippen LogP contribution in [0.15, 0.2) is 30.3 Å². The molecule has 0 aliphatic carbocycles. The van der Waals surface area contributed by atoms with Gasteiger partial charge in [0.2, 0.25) is 5.91 Å². The van der Waals surface area contributed by atoms with Crippen LogP contribution in [-0.4, -0.2) is 29.9 Å². The van der Waals surface area contributed by atoms with Crippen molar-refractivity contribution in [1.29, 1.82) is 0 Å². The minimum Gasteiger partial charge on any atom is -0.339 e. The SMILES string of the molecule is CC(C)C1CCCN1C(=O)C(CN)Cc1ccccc1. The Bertz CT molecular complexity index is 430. The normalized spacial score (nSPS) is 20.4. The Labute approximate surface area is 122 Å². The maximum Gasteiger partial charge on any atom is 0.227 e. The number of nitrogens with two attached hydrogens (primary N) is 1. The number of amides is 1. The molecule has 2 atom stereocenters. The van der Waals surface area contributed by atoms with Crippen LogP contribution in [-0.2, 0) is 11.2 Å². The van der Waals surface area contributed by atoms with Gasteiger partial charge in [-0.05, 0) is 30.7 Å². The summed E-state index contributed by atoms with van der Waals surface area (Å²) in [5.74, 6) is 0.681. The highest BCUT2D eigenvalue weighted by Crippen LogP contribution is 2.26. The van der Waals surface area contributed by atoms with Crippen LogP contribution in [0, 0.1) is 11.8 Å². The molecule has 0 aromatic heterocycles. The molecule has 0 radical (unpaired) electrons. The topological polar surface area (TPSA) is 46.3 Å². The van der Waals surface area contributed by atoms with Gasteiger partial charge in [0.25, 0.3) is 0 Å². The molecule has 1 saturated heterocycles. The molecule has 2 rings (SSSR count). The minimum absolute atomic E-state index is 0.0863. The van der Waals surface area contributed by atoms with Crippen LogP contribution in [0.4, 0.5) is 0 Å². The number of likely N-dealkylation sites (tertiary alicyclic amines) is 1. The van der Waals surface area contributed by atoms with E-state index in [0.29, 0.717) is 18.5 Å². The molecule has 3 heteroatoms. The Hall–Kier alpha value is -1.35. The highest BCUT2D eigenvalue weighted by molar-refractivity contribution is 5.80. The number of carbonyl (C=O) groups is 1.